The van der Waals surface area contributed by atoms with Crippen LogP contribution in [0.1, 0.15) is 38.5 Å². The van der Waals surface area contributed by atoms with Crippen molar-refractivity contribution in [2.75, 3.05) is 12.3 Å². The quantitative estimate of drug-likeness (QED) is 0.546. The number of nitrogens with one attached hydrogen (secondary N) is 1. The van der Waals surface area contributed by atoms with Gasteiger partial charge in [-0.1, -0.05) is 43.2 Å². The van der Waals surface area contributed by atoms with Crippen molar-refractivity contribution >= 4 is 34.7 Å². The van der Waals surface area contributed by atoms with E-state index < -0.39 is 5.97 Å². The molecule has 1 aromatic carbocycles. The van der Waals surface area contributed by atoms with Gasteiger partial charge in [-0.2, -0.15) is 0 Å². The van der Waals surface area contributed by atoms with Crippen molar-refractivity contribution in [3.63, 3.8) is 0 Å². The highest BCUT2D eigenvalue weighted by molar-refractivity contribution is 7.99. The molecule has 2 aromatic rings. The largest absolute Gasteiger partial charge is 0.480 e. The van der Waals surface area contributed by atoms with E-state index in [-0.39, 0.29) is 18.4 Å². The Labute approximate surface area is 157 Å². The smallest absolute Gasteiger partial charge is 0.323 e. The molecular weight excluding hydrogens is 350 g/mol. The maximum absolute atomic E-state index is 12.1. The van der Waals surface area contributed by atoms with Crippen LogP contribution in [0.3, 0.4) is 0 Å². The fourth-order valence-corrected chi connectivity index (χ4v) is 4.36. The van der Waals surface area contributed by atoms with Gasteiger partial charge in [0.05, 0.1) is 11.0 Å². The first-order chi connectivity index (χ1) is 12.6. The van der Waals surface area contributed by atoms with Crippen molar-refractivity contribution in [2.45, 2.75) is 50.2 Å². The first kappa shape index (κ1) is 18.8. The molecule has 26 heavy (non-hydrogen) atoms. The van der Waals surface area contributed by atoms with Gasteiger partial charge in [-0.3, -0.25) is 9.59 Å². The molecule has 1 amide bonds. The van der Waals surface area contributed by atoms with Crippen LogP contribution in [0.15, 0.2) is 29.4 Å². The van der Waals surface area contributed by atoms with E-state index in [9.17, 15) is 9.59 Å². The lowest BCUT2D eigenvalue weighted by molar-refractivity contribution is -0.137. The fraction of sp³-hybridized carbons (Fsp3) is 0.526. The number of para-hydroxylation sites is 2. The van der Waals surface area contributed by atoms with Crippen LogP contribution in [-0.2, 0) is 16.1 Å². The molecule has 0 atom stereocenters. The number of carboxylic acid groups (broad SMARTS) is 1. The molecule has 1 heterocycles. The van der Waals surface area contributed by atoms with Crippen LogP contribution >= 0.6 is 11.8 Å². The second kappa shape index (κ2) is 9.07. The molecule has 0 spiro atoms. The second-order valence-electron chi connectivity index (χ2n) is 6.69. The maximum atomic E-state index is 12.1. The molecule has 1 saturated carbocycles. The number of carbonyl (C=O) groups excluding carboxylic acids is 1. The molecule has 140 valence electrons. The number of carbonyl (C=O) groups is 2. The van der Waals surface area contributed by atoms with E-state index in [2.05, 4.69) is 10.3 Å². The third-order valence-corrected chi connectivity index (χ3v) is 5.80. The predicted molar refractivity (Wildman–Crippen MR) is 102 cm³/mol. The number of aliphatic carboxylic acids is 1. The van der Waals surface area contributed by atoms with Gasteiger partial charge in [0, 0.05) is 18.2 Å². The van der Waals surface area contributed by atoms with Crippen LogP contribution in [0.25, 0.3) is 11.0 Å². The van der Waals surface area contributed by atoms with Gasteiger partial charge in [-0.25, -0.2) is 4.98 Å². The Balaban J connectivity index is 1.50. The second-order valence-corrected chi connectivity index (χ2v) is 7.75. The lowest BCUT2D eigenvalue weighted by Crippen LogP contribution is -2.32. The molecule has 0 bridgehead atoms. The van der Waals surface area contributed by atoms with Crippen LogP contribution < -0.4 is 5.32 Å². The highest BCUT2D eigenvalue weighted by Crippen LogP contribution is 2.25. The third-order valence-electron chi connectivity index (χ3n) is 4.74. The summed E-state index contributed by atoms with van der Waals surface area (Å²) in [4.78, 5) is 27.8. The van der Waals surface area contributed by atoms with Crippen molar-refractivity contribution in [1.29, 1.82) is 0 Å². The van der Waals surface area contributed by atoms with E-state index in [1.165, 1.54) is 18.2 Å². The van der Waals surface area contributed by atoms with Crippen LogP contribution in [0, 0.1) is 5.92 Å². The minimum Gasteiger partial charge on any atom is -0.480 e. The number of fused-ring (bicyclic) bond motifs is 1. The number of carboxylic acids is 1. The summed E-state index contributed by atoms with van der Waals surface area (Å²) in [6.07, 6.45) is 6.43. The molecule has 0 saturated heterocycles. The van der Waals surface area contributed by atoms with E-state index in [4.69, 9.17) is 5.11 Å². The van der Waals surface area contributed by atoms with E-state index >= 15 is 0 Å². The van der Waals surface area contributed by atoms with Gasteiger partial charge in [-0.05, 0) is 31.4 Å². The highest BCUT2D eigenvalue weighted by atomic mass is 32.2. The van der Waals surface area contributed by atoms with Crippen molar-refractivity contribution in [3.8, 4) is 0 Å². The van der Waals surface area contributed by atoms with Gasteiger partial charge in [0.25, 0.3) is 0 Å². The summed E-state index contributed by atoms with van der Waals surface area (Å²) in [6, 6.07) is 7.56. The van der Waals surface area contributed by atoms with E-state index in [1.807, 2.05) is 24.3 Å². The Morgan fingerprint density at radius 3 is 2.77 bits per heavy atom. The van der Waals surface area contributed by atoms with Gasteiger partial charge in [0.15, 0.2) is 5.16 Å². The molecule has 7 heteroatoms. The molecule has 0 unspecified atom stereocenters. The highest BCUT2D eigenvalue weighted by Gasteiger charge is 2.20. The molecule has 6 nitrogen and oxygen atoms in total. The number of benzene rings is 1. The molecule has 2 N–H and O–H groups in total. The summed E-state index contributed by atoms with van der Waals surface area (Å²) in [5.41, 5.74) is 1.64. The zero-order chi connectivity index (χ0) is 18.4. The minimum absolute atomic E-state index is 0.0960. The lowest BCUT2D eigenvalue weighted by Gasteiger charge is -2.20. The fourth-order valence-electron chi connectivity index (χ4n) is 3.41. The van der Waals surface area contributed by atoms with Crippen LogP contribution in [-0.4, -0.2) is 38.8 Å². The average Bonchev–Trinajstić information content (AvgIpc) is 2.99. The van der Waals surface area contributed by atoms with Crippen molar-refractivity contribution in [1.82, 2.24) is 14.9 Å². The van der Waals surface area contributed by atoms with Crippen molar-refractivity contribution < 1.29 is 14.7 Å². The Kier molecular flexibility index (Phi) is 6.55. The molecule has 1 aliphatic carbocycles. The number of amides is 1. The van der Waals surface area contributed by atoms with Gasteiger partial charge < -0.3 is 15.0 Å². The third kappa shape index (κ3) is 4.78. The minimum atomic E-state index is -0.880. The number of imidazole rings is 1. The summed E-state index contributed by atoms with van der Waals surface area (Å²) in [5.74, 6) is 0.284. The van der Waals surface area contributed by atoms with E-state index in [0.29, 0.717) is 11.7 Å². The first-order valence-corrected chi connectivity index (χ1v) is 10.2. The summed E-state index contributed by atoms with van der Waals surface area (Å²) in [7, 11) is 0. The van der Waals surface area contributed by atoms with Crippen molar-refractivity contribution in [3.05, 3.63) is 24.3 Å². The number of nitrogens with zero attached hydrogens (tertiary/aromatic N) is 2. The lowest BCUT2D eigenvalue weighted by atomic mass is 9.89. The number of hydrogen-bond donors (Lipinski definition) is 2. The molecule has 0 aliphatic heterocycles. The Bertz CT molecular complexity index is 768. The summed E-state index contributed by atoms with van der Waals surface area (Å²) in [6.45, 7) is 0.558. The SMILES string of the molecule is O=C(O)Cn1c(SCCCNC(=O)C2CCCCC2)nc2ccccc21. The standard InChI is InChI=1S/C19H25N3O3S/c23-17(24)13-22-16-10-5-4-9-15(16)21-19(22)26-12-6-11-20-18(25)14-7-2-1-3-8-14/h4-5,9-10,14H,1-3,6-8,11-13H2,(H,20,25)(H,23,24). The van der Waals surface area contributed by atoms with Gasteiger partial charge in [-0.15, -0.1) is 0 Å². The molecule has 3 rings (SSSR count). The van der Waals surface area contributed by atoms with Gasteiger partial charge >= 0.3 is 5.97 Å². The van der Waals surface area contributed by atoms with Crippen LogP contribution in [0.2, 0.25) is 0 Å². The molecule has 1 aromatic heterocycles. The molecule has 1 aliphatic rings. The number of aromatic nitrogens is 2. The summed E-state index contributed by atoms with van der Waals surface area (Å²) < 4.78 is 1.74. The van der Waals surface area contributed by atoms with Crippen LogP contribution in [0.5, 0.6) is 0 Å². The molecule has 1 fully saturated rings. The van der Waals surface area contributed by atoms with Gasteiger partial charge in [0.2, 0.25) is 5.91 Å². The average molecular weight is 375 g/mol. The Morgan fingerprint density at radius 2 is 2.00 bits per heavy atom. The summed E-state index contributed by atoms with van der Waals surface area (Å²) >= 11 is 1.54. The zero-order valence-corrected chi connectivity index (χ0v) is 15.6. The number of hydrogen-bond acceptors (Lipinski definition) is 4. The molecular formula is C19H25N3O3S. The topological polar surface area (TPSA) is 84.2 Å². The Hall–Kier alpha value is -2.02. The normalized spacial score (nSPS) is 15.2. The number of thioether (sulfide) groups is 1. The molecule has 0 radical (unpaired) electrons. The summed E-state index contributed by atoms with van der Waals surface area (Å²) in [5, 5.41) is 12.9. The monoisotopic (exact) mass is 375 g/mol. The zero-order valence-electron chi connectivity index (χ0n) is 14.8. The van der Waals surface area contributed by atoms with E-state index in [0.717, 1.165) is 48.9 Å². The van der Waals surface area contributed by atoms with Gasteiger partial charge in [0.1, 0.15) is 6.54 Å². The van der Waals surface area contributed by atoms with Crippen molar-refractivity contribution in [2.24, 2.45) is 5.92 Å². The predicted octanol–water partition coefficient (Wildman–Crippen LogP) is 3.30. The van der Waals surface area contributed by atoms with E-state index in [1.54, 1.807) is 4.57 Å². The first-order valence-electron chi connectivity index (χ1n) is 9.22. The Morgan fingerprint density at radius 1 is 1.23 bits per heavy atom. The van der Waals surface area contributed by atoms with Crippen LogP contribution in [0.4, 0.5) is 0 Å². The maximum Gasteiger partial charge on any atom is 0.323 e. The number of rotatable bonds is 8.